The molecule has 0 unspecified atom stereocenters. The molecule has 1 aliphatic rings. The van der Waals surface area contributed by atoms with Crippen LogP contribution >= 0.6 is 23.5 Å². The third-order valence-corrected chi connectivity index (χ3v) is 10.4. The first kappa shape index (κ1) is 32.0. The number of thioether (sulfide) groups is 1. The van der Waals surface area contributed by atoms with E-state index in [-0.39, 0.29) is 30.4 Å². The third kappa shape index (κ3) is 7.70. The Kier molecular flexibility index (Phi) is 11.0. The van der Waals surface area contributed by atoms with Crippen LogP contribution in [0.5, 0.6) is 0 Å². The first-order valence-electron chi connectivity index (χ1n) is 13.5. The zero-order valence-electron chi connectivity index (χ0n) is 23.2. The summed E-state index contributed by atoms with van der Waals surface area (Å²) in [6.07, 6.45) is 0.182. The molecule has 0 spiro atoms. The molecule has 2 N–H and O–H groups in total. The van der Waals surface area contributed by atoms with Gasteiger partial charge in [0.2, 0.25) is 15.9 Å². The summed E-state index contributed by atoms with van der Waals surface area (Å²) in [6.45, 7) is 3.77. The Bertz CT molecular complexity index is 1460. The molecular weight excluding hydrogens is 601 g/mol. The molecule has 42 heavy (non-hydrogen) atoms. The quantitative estimate of drug-likeness (QED) is 0.211. The lowest BCUT2D eigenvalue weighted by molar-refractivity contribution is -0.147. The summed E-state index contributed by atoms with van der Waals surface area (Å²) in [5.41, 5.74) is 2.43. The number of hydrogen-bond acceptors (Lipinski definition) is 7. The first-order valence-corrected chi connectivity index (χ1v) is 16.4. The van der Waals surface area contributed by atoms with Crippen molar-refractivity contribution >= 4 is 45.4 Å². The van der Waals surface area contributed by atoms with Crippen LogP contribution in [0, 0.1) is 11.7 Å². The van der Waals surface area contributed by atoms with Gasteiger partial charge in [-0.3, -0.25) is 9.59 Å². The molecule has 1 fully saturated rings. The minimum Gasteiger partial charge on any atom is -0.464 e. The minimum absolute atomic E-state index is 0.0451. The lowest BCUT2D eigenvalue weighted by Gasteiger charge is -2.26. The van der Waals surface area contributed by atoms with Crippen molar-refractivity contribution in [3.05, 3.63) is 90.2 Å². The topological polar surface area (TPSA) is 105 Å². The first-order chi connectivity index (χ1) is 20.1. The predicted molar refractivity (Wildman–Crippen MR) is 162 cm³/mol. The molecule has 3 aromatic carbocycles. The molecule has 1 amide bonds. The van der Waals surface area contributed by atoms with Crippen LogP contribution < -0.4 is 10.2 Å². The summed E-state index contributed by atoms with van der Waals surface area (Å²) in [7, 11) is -3.97. The number of nitrogens with zero attached hydrogens (tertiary/aromatic N) is 1. The van der Waals surface area contributed by atoms with Crippen molar-refractivity contribution in [2.75, 3.05) is 18.9 Å². The van der Waals surface area contributed by atoms with Gasteiger partial charge in [0.15, 0.2) is 0 Å². The van der Waals surface area contributed by atoms with E-state index in [0.29, 0.717) is 11.3 Å². The second-order valence-electron chi connectivity index (χ2n) is 10.1. The predicted octanol–water partition coefficient (Wildman–Crippen LogP) is 5.12. The van der Waals surface area contributed by atoms with Crippen LogP contribution in [0.15, 0.2) is 83.8 Å². The summed E-state index contributed by atoms with van der Waals surface area (Å²) in [5.74, 6) is -1.15. The van der Waals surface area contributed by atoms with Gasteiger partial charge in [-0.15, -0.1) is 11.8 Å². The van der Waals surface area contributed by atoms with E-state index in [0.717, 1.165) is 11.1 Å². The summed E-state index contributed by atoms with van der Waals surface area (Å²) in [6, 6.07) is 20.4. The van der Waals surface area contributed by atoms with Crippen molar-refractivity contribution in [1.82, 2.24) is 14.5 Å². The number of rotatable bonds is 12. The number of carbonyl (C=O) groups is 2. The summed E-state index contributed by atoms with van der Waals surface area (Å²) >= 11 is 6.91. The van der Waals surface area contributed by atoms with Gasteiger partial charge in [0.05, 0.1) is 17.5 Å². The van der Waals surface area contributed by atoms with Crippen molar-refractivity contribution in [3.8, 4) is 11.1 Å². The average Bonchev–Trinajstić information content (AvgIpc) is 3.49. The molecule has 1 aliphatic heterocycles. The highest BCUT2D eigenvalue weighted by atomic mass is 35.5. The largest absolute Gasteiger partial charge is 0.464 e. The van der Waals surface area contributed by atoms with E-state index in [9.17, 15) is 22.4 Å². The fourth-order valence-corrected chi connectivity index (χ4v) is 7.99. The second-order valence-corrected chi connectivity index (χ2v) is 13.4. The molecule has 0 radical (unpaired) electrons. The molecular formula is C30H33ClFN3O5S2. The molecule has 3 atom stereocenters. The molecule has 0 saturated carbocycles. The highest BCUT2D eigenvalue weighted by molar-refractivity contribution is 8.02. The van der Waals surface area contributed by atoms with Crippen LogP contribution in [0.25, 0.3) is 11.1 Å². The molecule has 0 aromatic heterocycles. The number of esters is 1. The van der Waals surface area contributed by atoms with Gasteiger partial charge in [-0.1, -0.05) is 68.4 Å². The Morgan fingerprint density at radius 3 is 2.29 bits per heavy atom. The van der Waals surface area contributed by atoms with E-state index in [4.69, 9.17) is 16.5 Å². The van der Waals surface area contributed by atoms with E-state index in [1.807, 2.05) is 44.2 Å². The monoisotopic (exact) mass is 633 g/mol. The Labute approximate surface area is 255 Å². The third-order valence-electron chi connectivity index (χ3n) is 6.92. The van der Waals surface area contributed by atoms with Gasteiger partial charge in [-0.25, -0.2) is 17.6 Å². The molecule has 1 heterocycles. The van der Waals surface area contributed by atoms with Gasteiger partial charge in [-0.05, 0) is 58.7 Å². The molecule has 224 valence electrons. The van der Waals surface area contributed by atoms with Gasteiger partial charge < -0.3 is 10.1 Å². The van der Waals surface area contributed by atoms with Gasteiger partial charge >= 0.3 is 5.97 Å². The fourth-order valence-electron chi connectivity index (χ4n) is 4.56. The zero-order valence-corrected chi connectivity index (χ0v) is 25.6. The highest BCUT2D eigenvalue weighted by Gasteiger charge is 2.41. The summed E-state index contributed by atoms with van der Waals surface area (Å²) < 4.78 is 47.4. The number of hydrogen-bond donors (Lipinski definition) is 2. The van der Waals surface area contributed by atoms with E-state index < -0.39 is 45.2 Å². The number of carbonyl (C=O) groups excluding carboxylic acids is 2. The fraction of sp³-hybridized carbons (Fsp3) is 0.333. The molecule has 0 aliphatic carbocycles. The van der Waals surface area contributed by atoms with Crippen LogP contribution in [0.1, 0.15) is 31.9 Å². The van der Waals surface area contributed by atoms with Crippen LogP contribution in [-0.2, 0) is 24.3 Å². The van der Waals surface area contributed by atoms with Crippen molar-refractivity contribution in [1.29, 1.82) is 0 Å². The van der Waals surface area contributed by atoms with E-state index >= 15 is 0 Å². The van der Waals surface area contributed by atoms with Crippen LogP contribution in [0.2, 0.25) is 0 Å². The smallest absolute Gasteiger partial charge is 0.324 e. The second kappa shape index (κ2) is 14.5. The highest BCUT2D eigenvalue weighted by Crippen LogP contribution is 2.32. The Hall–Kier alpha value is -2.96. The number of ether oxygens (including phenoxy) is 1. The average molecular weight is 634 g/mol. The molecule has 8 nitrogen and oxygen atoms in total. The van der Waals surface area contributed by atoms with Crippen LogP contribution in [0.3, 0.4) is 0 Å². The van der Waals surface area contributed by atoms with Gasteiger partial charge in [0.1, 0.15) is 17.2 Å². The summed E-state index contributed by atoms with van der Waals surface area (Å²) in [4.78, 5) is 28.4. The molecule has 4 rings (SSSR count). The SMILES string of the molecule is CC(C)[C@H](NCl)C(=O)OCC[C@H](NC(=O)[C@@H]1SCCN1S(=O)(=O)c1ccc(-c2ccccc2)cc1)c1ccc(F)cc1. The maximum Gasteiger partial charge on any atom is 0.324 e. The molecule has 3 aromatic rings. The Morgan fingerprint density at radius 1 is 1.02 bits per heavy atom. The Morgan fingerprint density at radius 2 is 1.67 bits per heavy atom. The maximum atomic E-state index is 13.6. The molecule has 12 heteroatoms. The van der Waals surface area contributed by atoms with Gasteiger partial charge in [0.25, 0.3) is 0 Å². The number of nitrogens with one attached hydrogen (secondary N) is 2. The van der Waals surface area contributed by atoms with Crippen molar-refractivity contribution < 1.29 is 27.1 Å². The lowest BCUT2D eigenvalue weighted by Crippen LogP contribution is -2.46. The zero-order chi connectivity index (χ0) is 30.3. The number of benzene rings is 3. The van der Waals surface area contributed by atoms with Crippen molar-refractivity contribution in [2.24, 2.45) is 5.92 Å². The molecule has 0 bridgehead atoms. The number of sulfonamides is 1. The lowest BCUT2D eigenvalue weighted by atomic mass is 10.0. The van der Waals surface area contributed by atoms with Crippen molar-refractivity contribution in [2.45, 2.75) is 42.6 Å². The van der Waals surface area contributed by atoms with Gasteiger partial charge in [0, 0.05) is 18.7 Å². The molecule has 1 saturated heterocycles. The summed E-state index contributed by atoms with van der Waals surface area (Å²) in [5, 5.41) is 1.90. The Balaban J connectivity index is 1.48. The number of halogens is 2. The van der Waals surface area contributed by atoms with Crippen LogP contribution in [0.4, 0.5) is 4.39 Å². The van der Waals surface area contributed by atoms with E-state index in [1.165, 1.54) is 40.3 Å². The van der Waals surface area contributed by atoms with Crippen molar-refractivity contribution in [3.63, 3.8) is 0 Å². The minimum atomic E-state index is -3.97. The maximum absolute atomic E-state index is 13.6. The van der Waals surface area contributed by atoms with Gasteiger partial charge in [-0.2, -0.15) is 4.31 Å². The van der Waals surface area contributed by atoms with E-state index in [1.54, 1.807) is 24.3 Å². The number of amides is 1. The standard InChI is InChI=1S/C30H33ClFN3O5S2/c1-20(2)27(34-31)30(37)40-18-16-26(23-8-12-24(32)13-9-23)33-28(36)29-35(17-19-41-29)42(38,39)25-14-10-22(11-15-25)21-6-4-3-5-7-21/h3-15,20,26-27,29,34H,16-19H2,1-2H3,(H,33,36)/t26-,27-,29-/m0/s1. The van der Waals surface area contributed by atoms with E-state index in [2.05, 4.69) is 10.2 Å². The van der Waals surface area contributed by atoms with Crippen LogP contribution in [-0.4, -0.2) is 54.9 Å². The normalized spacial score (nSPS) is 17.1.